The zero-order valence-electron chi connectivity index (χ0n) is 14.8. The lowest BCUT2D eigenvalue weighted by Crippen LogP contribution is -2.06. The van der Waals surface area contributed by atoms with Crippen molar-refractivity contribution in [2.45, 2.75) is 53.0 Å². The van der Waals surface area contributed by atoms with Crippen LogP contribution in [0.3, 0.4) is 0 Å². The molecule has 2 N–H and O–H groups in total. The first kappa shape index (κ1) is 15.8. The molecule has 0 radical (unpaired) electrons. The number of aromatic amines is 1. The van der Waals surface area contributed by atoms with Crippen molar-refractivity contribution in [1.29, 1.82) is 0 Å². The third kappa shape index (κ3) is 2.69. The number of aromatic hydroxyl groups is 1. The van der Waals surface area contributed by atoms with Crippen LogP contribution in [0.5, 0.6) is 5.75 Å². The van der Waals surface area contributed by atoms with Crippen LogP contribution in [0.1, 0.15) is 51.5 Å². The minimum absolute atomic E-state index is 0.484. The van der Waals surface area contributed by atoms with Gasteiger partial charge < -0.3 is 5.11 Å². The quantitative estimate of drug-likeness (QED) is 0.760. The van der Waals surface area contributed by atoms with Gasteiger partial charge in [-0.25, -0.2) is 5.10 Å². The normalized spacial score (nSPS) is 13.4. The molecule has 7 nitrogen and oxygen atoms in total. The molecular formula is C18H22N6O. The Labute approximate surface area is 146 Å². The number of aromatic nitrogens is 6. The molecule has 0 amide bonds. The number of fused-ring (bicyclic) bond motifs is 1. The molecule has 1 aromatic carbocycles. The summed E-state index contributed by atoms with van der Waals surface area (Å²) in [6.45, 7) is 6.65. The minimum Gasteiger partial charge on any atom is -0.507 e. The van der Waals surface area contributed by atoms with Crippen molar-refractivity contribution in [3.05, 3.63) is 51.1 Å². The third-order valence-corrected chi connectivity index (χ3v) is 5.24. The summed E-state index contributed by atoms with van der Waals surface area (Å²) < 4.78 is 1.94. The van der Waals surface area contributed by atoms with E-state index in [0.29, 0.717) is 18.1 Å². The second-order valence-electron chi connectivity index (χ2n) is 6.84. The van der Waals surface area contributed by atoms with E-state index in [9.17, 15) is 5.11 Å². The van der Waals surface area contributed by atoms with Crippen molar-refractivity contribution in [1.82, 2.24) is 30.4 Å². The molecule has 2 aromatic heterocycles. The van der Waals surface area contributed by atoms with Gasteiger partial charge in [-0.15, -0.1) is 5.10 Å². The summed E-state index contributed by atoms with van der Waals surface area (Å²) in [6.07, 6.45) is 3.99. The van der Waals surface area contributed by atoms with Gasteiger partial charge in [0.05, 0.1) is 5.69 Å². The summed E-state index contributed by atoms with van der Waals surface area (Å²) in [6, 6.07) is 2.13. The van der Waals surface area contributed by atoms with E-state index in [1.165, 1.54) is 16.7 Å². The van der Waals surface area contributed by atoms with Crippen LogP contribution in [0.15, 0.2) is 6.07 Å². The molecule has 25 heavy (non-hydrogen) atoms. The van der Waals surface area contributed by atoms with Gasteiger partial charge in [0.15, 0.2) is 5.82 Å². The number of tetrazole rings is 1. The van der Waals surface area contributed by atoms with Gasteiger partial charge in [0.1, 0.15) is 12.3 Å². The molecule has 1 aliphatic rings. The molecule has 1 aliphatic carbocycles. The standard InChI is InChI=1S/C18H22N6O/c1-10-7-13(14-5-4-6-15(14)18(10)25)8-16-11(2)21-24(12(16)3)9-17-19-22-23-20-17/h7,25H,4-6,8-9H2,1-3H3,(H,19,20,22,23). The highest BCUT2D eigenvalue weighted by atomic mass is 16.3. The van der Waals surface area contributed by atoms with Crippen LogP contribution in [0.4, 0.5) is 0 Å². The molecule has 0 aliphatic heterocycles. The molecule has 3 aromatic rings. The first-order valence-electron chi connectivity index (χ1n) is 8.63. The van der Waals surface area contributed by atoms with E-state index in [0.717, 1.165) is 48.2 Å². The van der Waals surface area contributed by atoms with Crippen molar-refractivity contribution in [2.75, 3.05) is 0 Å². The molecule has 0 bridgehead atoms. The van der Waals surface area contributed by atoms with Crippen LogP contribution in [0, 0.1) is 20.8 Å². The monoisotopic (exact) mass is 338 g/mol. The summed E-state index contributed by atoms with van der Waals surface area (Å²) >= 11 is 0. The summed E-state index contributed by atoms with van der Waals surface area (Å²) in [5, 5.41) is 28.9. The van der Waals surface area contributed by atoms with E-state index < -0.39 is 0 Å². The Morgan fingerprint density at radius 1 is 1.20 bits per heavy atom. The largest absolute Gasteiger partial charge is 0.507 e. The SMILES string of the molecule is Cc1cc(Cc2c(C)nn(Cc3nnn[nH]3)c2C)c2c(c1O)CCC2. The zero-order chi connectivity index (χ0) is 17.6. The lowest BCUT2D eigenvalue weighted by atomic mass is 9.93. The Kier molecular flexibility index (Phi) is 3.78. The number of nitrogens with one attached hydrogen (secondary N) is 1. The maximum atomic E-state index is 10.3. The number of hydrogen-bond donors (Lipinski definition) is 2. The van der Waals surface area contributed by atoms with Gasteiger partial charge in [0.2, 0.25) is 0 Å². The van der Waals surface area contributed by atoms with Crippen LogP contribution in [0.2, 0.25) is 0 Å². The molecule has 0 saturated carbocycles. The first-order valence-corrected chi connectivity index (χ1v) is 8.63. The summed E-state index contributed by atoms with van der Waals surface area (Å²) in [5.74, 6) is 1.18. The lowest BCUT2D eigenvalue weighted by Gasteiger charge is -2.13. The van der Waals surface area contributed by atoms with Crippen LogP contribution in [-0.4, -0.2) is 35.5 Å². The Morgan fingerprint density at radius 3 is 2.76 bits per heavy atom. The average Bonchev–Trinajstić information content (AvgIpc) is 3.30. The van der Waals surface area contributed by atoms with Crippen molar-refractivity contribution < 1.29 is 5.11 Å². The van der Waals surface area contributed by atoms with Gasteiger partial charge in [0, 0.05) is 17.7 Å². The molecule has 0 atom stereocenters. The average molecular weight is 338 g/mol. The first-order chi connectivity index (χ1) is 12.0. The van der Waals surface area contributed by atoms with Gasteiger partial charge in [-0.1, -0.05) is 6.07 Å². The van der Waals surface area contributed by atoms with Crippen LogP contribution in [0.25, 0.3) is 0 Å². The van der Waals surface area contributed by atoms with E-state index in [-0.39, 0.29) is 0 Å². The van der Waals surface area contributed by atoms with Gasteiger partial charge in [-0.2, -0.15) is 5.10 Å². The maximum absolute atomic E-state index is 10.3. The molecule has 7 heteroatoms. The highest BCUT2D eigenvalue weighted by Crippen LogP contribution is 2.36. The zero-order valence-corrected chi connectivity index (χ0v) is 14.8. The third-order valence-electron chi connectivity index (χ3n) is 5.24. The number of phenols is 1. The molecule has 2 heterocycles. The van der Waals surface area contributed by atoms with Gasteiger partial charge in [-0.3, -0.25) is 4.68 Å². The fourth-order valence-electron chi connectivity index (χ4n) is 3.89. The molecule has 0 fully saturated rings. The summed E-state index contributed by atoms with van der Waals surface area (Å²) in [4.78, 5) is 0. The molecule has 0 spiro atoms. The number of phenolic OH excluding ortho intramolecular Hbond substituents is 1. The van der Waals surface area contributed by atoms with Gasteiger partial charge in [0.25, 0.3) is 0 Å². The second-order valence-corrected chi connectivity index (χ2v) is 6.84. The van der Waals surface area contributed by atoms with Crippen LogP contribution >= 0.6 is 0 Å². The number of benzene rings is 1. The summed E-state index contributed by atoms with van der Waals surface area (Å²) in [7, 11) is 0. The number of hydrogen-bond acceptors (Lipinski definition) is 5. The predicted octanol–water partition coefficient (Wildman–Crippen LogP) is 2.15. The van der Waals surface area contributed by atoms with E-state index in [2.05, 4.69) is 38.7 Å². The van der Waals surface area contributed by atoms with Crippen LogP contribution < -0.4 is 0 Å². The molecule has 0 unspecified atom stereocenters. The highest BCUT2D eigenvalue weighted by Gasteiger charge is 2.22. The van der Waals surface area contributed by atoms with E-state index >= 15 is 0 Å². The Hall–Kier alpha value is -2.70. The molecular weight excluding hydrogens is 316 g/mol. The maximum Gasteiger partial charge on any atom is 0.170 e. The topological polar surface area (TPSA) is 92.5 Å². The van der Waals surface area contributed by atoms with Crippen LogP contribution in [-0.2, 0) is 25.8 Å². The predicted molar refractivity (Wildman–Crippen MR) is 92.7 cm³/mol. The number of H-pyrrole nitrogens is 1. The lowest BCUT2D eigenvalue weighted by molar-refractivity contribution is 0.464. The number of aryl methyl sites for hydroxylation is 2. The van der Waals surface area contributed by atoms with E-state index in [1.807, 2.05) is 18.5 Å². The Morgan fingerprint density at radius 2 is 2.00 bits per heavy atom. The smallest absolute Gasteiger partial charge is 0.170 e. The molecule has 130 valence electrons. The number of rotatable bonds is 4. The summed E-state index contributed by atoms with van der Waals surface area (Å²) in [5.41, 5.74) is 8.15. The van der Waals surface area contributed by atoms with Gasteiger partial charge >= 0.3 is 0 Å². The fourth-order valence-corrected chi connectivity index (χ4v) is 3.89. The minimum atomic E-state index is 0.484. The Bertz CT molecular complexity index is 926. The molecule has 0 saturated heterocycles. The van der Waals surface area contributed by atoms with E-state index in [1.54, 1.807) is 0 Å². The number of nitrogens with zero attached hydrogens (tertiary/aromatic N) is 5. The van der Waals surface area contributed by atoms with Crippen molar-refractivity contribution in [3.63, 3.8) is 0 Å². The fraction of sp³-hybridized carbons (Fsp3) is 0.444. The van der Waals surface area contributed by atoms with Gasteiger partial charge in [-0.05, 0) is 72.7 Å². The van der Waals surface area contributed by atoms with Crippen molar-refractivity contribution >= 4 is 0 Å². The van der Waals surface area contributed by atoms with Crippen molar-refractivity contribution in [2.24, 2.45) is 0 Å². The van der Waals surface area contributed by atoms with Crippen molar-refractivity contribution in [3.8, 4) is 5.75 Å². The highest BCUT2D eigenvalue weighted by molar-refractivity contribution is 5.53. The second kappa shape index (κ2) is 5.98. The van der Waals surface area contributed by atoms with E-state index in [4.69, 9.17) is 0 Å². The molecule has 4 rings (SSSR count). The Balaban J connectivity index is 1.69.